The van der Waals surface area contributed by atoms with E-state index in [0.717, 1.165) is 0 Å². The number of halogens is 3. The van der Waals surface area contributed by atoms with Crippen LogP contribution in [0.1, 0.15) is 12.7 Å². The molecular weight excluding hydrogens is 240 g/mol. The first-order chi connectivity index (χ1) is 7.52. The number of nitrogens with one attached hydrogen (secondary N) is 1. The minimum absolute atomic E-state index is 0.237. The molecule has 1 aromatic heterocycles. The molecule has 0 spiro atoms. The molecule has 0 saturated heterocycles. The Morgan fingerprint density at radius 3 is 2.75 bits per heavy atom. The van der Waals surface area contributed by atoms with Crippen molar-refractivity contribution in [3.63, 3.8) is 0 Å². The summed E-state index contributed by atoms with van der Waals surface area (Å²) in [5, 5.41) is 11.7. The van der Waals surface area contributed by atoms with Crippen LogP contribution in [-0.4, -0.2) is 34.1 Å². The van der Waals surface area contributed by atoms with Gasteiger partial charge in [0, 0.05) is 19.0 Å². The Balaban J connectivity index is 2.63. The van der Waals surface area contributed by atoms with Crippen molar-refractivity contribution in [1.82, 2.24) is 9.97 Å². The number of nitrogens with zero attached hydrogens (tertiary/aromatic N) is 2. The fraction of sp³-hybridized carbons (Fsp3) is 0.556. The lowest BCUT2D eigenvalue weighted by molar-refractivity contribution is 0.00380. The summed E-state index contributed by atoms with van der Waals surface area (Å²) in [5.41, 5.74) is 0. The number of alkyl halides is 2. The summed E-state index contributed by atoms with van der Waals surface area (Å²) < 4.78 is 24.0. The third-order valence-electron chi connectivity index (χ3n) is 1.84. The number of anilines is 1. The molecule has 2 N–H and O–H groups in total. The molecule has 0 radical (unpaired) electrons. The van der Waals surface area contributed by atoms with Crippen molar-refractivity contribution >= 4 is 17.4 Å². The highest BCUT2D eigenvalue weighted by Gasteiger charge is 2.16. The lowest BCUT2D eigenvalue weighted by Gasteiger charge is -2.11. The maximum atomic E-state index is 12.0. The van der Waals surface area contributed by atoms with E-state index in [2.05, 4.69) is 15.3 Å². The van der Waals surface area contributed by atoms with E-state index in [9.17, 15) is 8.78 Å². The van der Waals surface area contributed by atoms with Crippen molar-refractivity contribution in [2.24, 2.45) is 0 Å². The van der Waals surface area contributed by atoms with Gasteiger partial charge in [-0.25, -0.2) is 18.7 Å². The average molecular weight is 252 g/mol. The second-order valence-electron chi connectivity index (χ2n) is 3.13. The molecule has 1 atom stereocenters. The number of hydrogen-bond donors (Lipinski definition) is 2. The zero-order valence-electron chi connectivity index (χ0n) is 8.62. The van der Waals surface area contributed by atoms with Crippen molar-refractivity contribution in [1.29, 1.82) is 0 Å². The second-order valence-corrected chi connectivity index (χ2v) is 3.52. The molecular formula is C9H12ClF2N3O. The fourth-order valence-corrected chi connectivity index (χ4v) is 1.21. The van der Waals surface area contributed by atoms with E-state index in [4.69, 9.17) is 16.7 Å². The Bertz CT molecular complexity index is 352. The summed E-state index contributed by atoms with van der Waals surface area (Å²) in [6.45, 7) is 1.57. The molecule has 0 aromatic carbocycles. The van der Waals surface area contributed by atoms with E-state index >= 15 is 0 Å². The molecule has 0 amide bonds. The summed E-state index contributed by atoms with van der Waals surface area (Å²) in [6, 6.07) is 1.42. The topological polar surface area (TPSA) is 58.0 Å². The fourth-order valence-electron chi connectivity index (χ4n) is 1.01. The van der Waals surface area contributed by atoms with Gasteiger partial charge in [0.05, 0.1) is 0 Å². The molecule has 0 aliphatic heterocycles. The van der Waals surface area contributed by atoms with E-state index in [1.165, 1.54) is 6.07 Å². The Morgan fingerprint density at radius 2 is 2.19 bits per heavy atom. The summed E-state index contributed by atoms with van der Waals surface area (Å²) >= 11 is 5.70. The number of rotatable bonds is 5. The summed E-state index contributed by atoms with van der Waals surface area (Å²) in [5.74, 6) is 0.845. The molecule has 16 heavy (non-hydrogen) atoms. The highest BCUT2D eigenvalue weighted by atomic mass is 35.5. The number of aliphatic hydroxyl groups excluding tert-OH is 1. The highest BCUT2D eigenvalue weighted by molar-refractivity contribution is 6.29. The first-order valence-corrected chi connectivity index (χ1v) is 5.14. The second kappa shape index (κ2) is 5.91. The summed E-state index contributed by atoms with van der Waals surface area (Å²) in [7, 11) is 0. The zero-order chi connectivity index (χ0) is 12.1. The molecule has 1 aromatic rings. The normalized spacial score (nSPS) is 12.9. The van der Waals surface area contributed by atoms with Gasteiger partial charge in [-0.15, -0.1) is 0 Å². The predicted octanol–water partition coefficient (Wildman–Crippen LogP) is 1.73. The van der Waals surface area contributed by atoms with Crippen molar-refractivity contribution in [2.45, 2.75) is 25.9 Å². The van der Waals surface area contributed by atoms with Gasteiger partial charge < -0.3 is 10.4 Å². The van der Waals surface area contributed by atoms with Gasteiger partial charge in [0.1, 0.15) is 22.9 Å². The smallest absolute Gasteiger partial charge is 0.265 e. The van der Waals surface area contributed by atoms with Crippen LogP contribution in [0.4, 0.5) is 14.6 Å². The lowest BCUT2D eigenvalue weighted by Crippen LogP contribution is -2.27. The van der Waals surface area contributed by atoms with E-state index in [1.807, 2.05) is 6.92 Å². The zero-order valence-corrected chi connectivity index (χ0v) is 9.38. The number of aliphatic hydroxyl groups is 1. The molecule has 4 nitrogen and oxygen atoms in total. The first kappa shape index (κ1) is 13.1. The van der Waals surface area contributed by atoms with E-state index < -0.39 is 12.5 Å². The first-order valence-electron chi connectivity index (χ1n) is 4.76. The van der Waals surface area contributed by atoms with Crippen LogP contribution < -0.4 is 5.32 Å². The molecule has 0 aliphatic carbocycles. The Hall–Kier alpha value is -1.01. The standard InChI is InChI=1S/C9H12ClF2N3O/c1-2-7-14-6(10)3-8(15-7)13-4-5(16)9(11)12/h3,5,9,16H,2,4H2,1H3,(H,13,14,15). The monoisotopic (exact) mass is 251 g/mol. The molecule has 1 heterocycles. The third-order valence-corrected chi connectivity index (χ3v) is 2.03. The Morgan fingerprint density at radius 1 is 1.50 bits per heavy atom. The molecule has 7 heteroatoms. The van der Waals surface area contributed by atoms with Gasteiger partial charge in [-0.2, -0.15) is 0 Å². The van der Waals surface area contributed by atoms with Crippen LogP contribution in [0.3, 0.4) is 0 Å². The van der Waals surface area contributed by atoms with Crippen LogP contribution in [0, 0.1) is 0 Å². The van der Waals surface area contributed by atoms with Crippen LogP contribution >= 0.6 is 11.6 Å². The van der Waals surface area contributed by atoms with Crippen molar-refractivity contribution in [3.05, 3.63) is 17.0 Å². The average Bonchev–Trinajstić information content (AvgIpc) is 2.24. The van der Waals surface area contributed by atoms with Gasteiger partial charge in [-0.05, 0) is 0 Å². The molecule has 0 bridgehead atoms. The number of aromatic nitrogens is 2. The number of hydrogen-bond acceptors (Lipinski definition) is 4. The minimum atomic E-state index is -2.78. The minimum Gasteiger partial charge on any atom is -0.385 e. The van der Waals surface area contributed by atoms with Gasteiger partial charge in [0.2, 0.25) is 0 Å². The van der Waals surface area contributed by atoms with Crippen LogP contribution in [0.15, 0.2) is 6.07 Å². The van der Waals surface area contributed by atoms with Gasteiger partial charge in [0.15, 0.2) is 0 Å². The largest absolute Gasteiger partial charge is 0.385 e. The molecule has 0 fully saturated rings. The van der Waals surface area contributed by atoms with Gasteiger partial charge in [-0.3, -0.25) is 0 Å². The van der Waals surface area contributed by atoms with E-state index in [1.54, 1.807) is 0 Å². The van der Waals surface area contributed by atoms with Crippen LogP contribution in [0.5, 0.6) is 0 Å². The van der Waals surface area contributed by atoms with E-state index in [0.29, 0.717) is 18.1 Å². The van der Waals surface area contributed by atoms with Crippen molar-refractivity contribution in [3.8, 4) is 0 Å². The van der Waals surface area contributed by atoms with Crippen LogP contribution in [-0.2, 0) is 6.42 Å². The summed E-state index contributed by atoms with van der Waals surface area (Å²) in [6.07, 6.45) is -3.92. The maximum absolute atomic E-state index is 12.0. The molecule has 1 rings (SSSR count). The van der Waals surface area contributed by atoms with Crippen molar-refractivity contribution < 1.29 is 13.9 Å². The third kappa shape index (κ3) is 3.86. The van der Waals surface area contributed by atoms with Crippen LogP contribution in [0.2, 0.25) is 5.15 Å². The molecule has 0 aliphatic rings. The molecule has 0 saturated carbocycles. The quantitative estimate of drug-likeness (QED) is 0.783. The van der Waals surface area contributed by atoms with Gasteiger partial charge in [0.25, 0.3) is 6.43 Å². The lowest BCUT2D eigenvalue weighted by atomic mass is 10.3. The van der Waals surface area contributed by atoms with Crippen molar-refractivity contribution in [2.75, 3.05) is 11.9 Å². The Kier molecular flexibility index (Phi) is 4.82. The van der Waals surface area contributed by atoms with Crippen LogP contribution in [0.25, 0.3) is 0 Å². The Labute approximate surface area is 96.7 Å². The highest BCUT2D eigenvalue weighted by Crippen LogP contribution is 2.12. The SMILES string of the molecule is CCc1nc(Cl)cc(NCC(O)C(F)F)n1. The summed E-state index contributed by atoms with van der Waals surface area (Å²) in [4.78, 5) is 7.94. The maximum Gasteiger partial charge on any atom is 0.265 e. The van der Waals surface area contributed by atoms with Gasteiger partial charge >= 0.3 is 0 Å². The molecule has 90 valence electrons. The van der Waals surface area contributed by atoms with Gasteiger partial charge in [-0.1, -0.05) is 18.5 Å². The molecule has 1 unspecified atom stereocenters. The van der Waals surface area contributed by atoms with E-state index in [-0.39, 0.29) is 11.7 Å². The predicted molar refractivity (Wildman–Crippen MR) is 56.9 cm³/mol. The number of aryl methyl sites for hydroxylation is 1.